The maximum Gasteiger partial charge on any atom is 0.330 e. The summed E-state index contributed by atoms with van der Waals surface area (Å²) >= 11 is 0. The lowest BCUT2D eigenvalue weighted by molar-refractivity contribution is -0.137. The van der Waals surface area contributed by atoms with Crippen molar-refractivity contribution in [1.82, 2.24) is 4.90 Å². The van der Waals surface area contributed by atoms with Crippen molar-refractivity contribution in [2.24, 2.45) is 0 Å². The summed E-state index contributed by atoms with van der Waals surface area (Å²) in [6.07, 6.45) is 4.65. The van der Waals surface area contributed by atoms with Crippen molar-refractivity contribution in [3.05, 3.63) is 12.7 Å². The van der Waals surface area contributed by atoms with Gasteiger partial charge in [0.15, 0.2) is 0 Å². The van der Waals surface area contributed by atoms with Crippen molar-refractivity contribution in [2.75, 3.05) is 27.2 Å². The molecule has 0 aromatic rings. The zero-order valence-electron chi connectivity index (χ0n) is 10.6. The first-order valence-electron chi connectivity index (χ1n) is 5.52. The van der Waals surface area contributed by atoms with Crippen LogP contribution < -0.4 is 0 Å². The lowest BCUT2D eigenvalue weighted by Gasteiger charge is -2.05. The van der Waals surface area contributed by atoms with Gasteiger partial charge in [-0.2, -0.15) is 0 Å². The molecule has 15 heavy (non-hydrogen) atoms. The summed E-state index contributed by atoms with van der Waals surface area (Å²) < 4.78 is 4.58. The average Bonchev–Trinajstić information content (AvgIpc) is 2.23. The highest BCUT2D eigenvalue weighted by molar-refractivity contribution is 5.81. The number of nitrogens with zero attached hydrogens (tertiary/aromatic N) is 1. The van der Waals surface area contributed by atoms with E-state index in [0.29, 0.717) is 6.61 Å². The van der Waals surface area contributed by atoms with E-state index in [1.54, 1.807) is 0 Å². The number of ether oxygens (including phenoxy) is 1. The van der Waals surface area contributed by atoms with Crippen molar-refractivity contribution in [1.29, 1.82) is 0 Å². The molecule has 0 aliphatic heterocycles. The molecule has 0 aliphatic carbocycles. The molecule has 0 amide bonds. The smallest absolute Gasteiger partial charge is 0.330 e. The first-order valence-corrected chi connectivity index (χ1v) is 5.52. The van der Waals surface area contributed by atoms with E-state index in [4.69, 9.17) is 0 Å². The van der Waals surface area contributed by atoms with Gasteiger partial charge in [0.2, 0.25) is 0 Å². The molecule has 0 saturated carbocycles. The molecule has 0 aromatic carbocycles. The molecular formula is C12H25NO2. The van der Waals surface area contributed by atoms with E-state index in [1.807, 2.05) is 6.92 Å². The fourth-order valence-electron chi connectivity index (χ4n) is 0.736. The predicted octanol–water partition coefficient (Wildman–Crippen LogP) is 2.47. The standard InChI is InChI=1S/C6H15N.C6H10O2/c1-4-5-6-7(2)3;1-3-5-8-6(7)4-2/h4-6H2,1-3H3;4H,2-3,5H2,1H3. The summed E-state index contributed by atoms with van der Waals surface area (Å²) in [4.78, 5) is 12.4. The third-order valence-corrected chi connectivity index (χ3v) is 1.57. The Morgan fingerprint density at radius 1 is 1.33 bits per heavy atom. The van der Waals surface area contributed by atoms with Gasteiger partial charge in [-0.3, -0.25) is 0 Å². The van der Waals surface area contributed by atoms with Gasteiger partial charge in [0, 0.05) is 6.08 Å². The van der Waals surface area contributed by atoms with E-state index in [0.717, 1.165) is 12.5 Å². The van der Waals surface area contributed by atoms with Crippen LogP contribution in [0.25, 0.3) is 0 Å². The highest BCUT2D eigenvalue weighted by atomic mass is 16.5. The summed E-state index contributed by atoms with van der Waals surface area (Å²) in [5, 5.41) is 0. The van der Waals surface area contributed by atoms with Crippen LogP contribution in [0.15, 0.2) is 12.7 Å². The number of carbonyl (C=O) groups is 1. The Hall–Kier alpha value is -0.830. The zero-order chi connectivity index (χ0) is 12.1. The fraction of sp³-hybridized carbons (Fsp3) is 0.750. The van der Waals surface area contributed by atoms with E-state index in [-0.39, 0.29) is 5.97 Å². The average molecular weight is 215 g/mol. The van der Waals surface area contributed by atoms with Crippen LogP contribution in [-0.4, -0.2) is 38.1 Å². The summed E-state index contributed by atoms with van der Waals surface area (Å²) in [5.74, 6) is -0.341. The Kier molecular flexibility index (Phi) is 14.6. The number of esters is 1. The van der Waals surface area contributed by atoms with Gasteiger partial charge >= 0.3 is 5.97 Å². The first kappa shape index (κ1) is 16.6. The second-order valence-corrected chi connectivity index (χ2v) is 3.53. The summed E-state index contributed by atoms with van der Waals surface area (Å²) in [7, 11) is 4.21. The SMILES string of the molecule is C=CC(=O)OCCC.CCCCN(C)C. The second-order valence-electron chi connectivity index (χ2n) is 3.53. The van der Waals surface area contributed by atoms with Gasteiger partial charge in [0.05, 0.1) is 6.61 Å². The van der Waals surface area contributed by atoms with Gasteiger partial charge in [0.25, 0.3) is 0 Å². The minimum atomic E-state index is -0.341. The third kappa shape index (κ3) is 19.5. The van der Waals surface area contributed by atoms with Crippen LogP contribution in [0.1, 0.15) is 33.1 Å². The molecule has 0 unspecified atom stereocenters. The van der Waals surface area contributed by atoms with Crippen LogP contribution in [-0.2, 0) is 9.53 Å². The van der Waals surface area contributed by atoms with E-state index >= 15 is 0 Å². The van der Waals surface area contributed by atoms with E-state index in [2.05, 4.69) is 37.2 Å². The van der Waals surface area contributed by atoms with Crippen LogP contribution in [0.2, 0.25) is 0 Å². The molecule has 90 valence electrons. The molecule has 0 spiro atoms. The van der Waals surface area contributed by atoms with Crippen molar-refractivity contribution in [3.63, 3.8) is 0 Å². The number of unbranched alkanes of at least 4 members (excludes halogenated alkanes) is 1. The van der Waals surface area contributed by atoms with E-state index in [9.17, 15) is 4.79 Å². The van der Waals surface area contributed by atoms with Gasteiger partial charge in [0.1, 0.15) is 0 Å². The van der Waals surface area contributed by atoms with Gasteiger partial charge in [-0.1, -0.05) is 26.8 Å². The van der Waals surface area contributed by atoms with Crippen LogP contribution in [0.5, 0.6) is 0 Å². The monoisotopic (exact) mass is 215 g/mol. The van der Waals surface area contributed by atoms with E-state index < -0.39 is 0 Å². The van der Waals surface area contributed by atoms with Crippen molar-refractivity contribution >= 4 is 5.97 Å². The van der Waals surface area contributed by atoms with Crippen molar-refractivity contribution in [2.45, 2.75) is 33.1 Å². The Morgan fingerprint density at radius 2 is 1.93 bits per heavy atom. The van der Waals surface area contributed by atoms with Crippen LogP contribution >= 0.6 is 0 Å². The number of hydrogen-bond donors (Lipinski definition) is 0. The molecule has 0 atom stereocenters. The molecule has 3 nitrogen and oxygen atoms in total. The molecule has 0 aromatic heterocycles. The molecule has 0 rings (SSSR count). The Labute approximate surface area is 94.1 Å². The number of rotatable bonds is 6. The Balaban J connectivity index is 0. The molecule has 3 heteroatoms. The summed E-state index contributed by atoms with van der Waals surface area (Å²) in [5.41, 5.74) is 0. The van der Waals surface area contributed by atoms with Crippen LogP contribution in [0, 0.1) is 0 Å². The number of carbonyl (C=O) groups excluding carboxylic acids is 1. The van der Waals surface area contributed by atoms with Gasteiger partial charge < -0.3 is 9.64 Å². The quantitative estimate of drug-likeness (QED) is 0.503. The van der Waals surface area contributed by atoms with Crippen molar-refractivity contribution < 1.29 is 9.53 Å². The Morgan fingerprint density at radius 3 is 2.20 bits per heavy atom. The summed E-state index contributed by atoms with van der Waals surface area (Å²) in [6, 6.07) is 0. The highest BCUT2D eigenvalue weighted by Crippen LogP contribution is 1.86. The molecule has 0 aliphatic rings. The lowest BCUT2D eigenvalue weighted by atomic mass is 10.3. The van der Waals surface area contributed by atoms with Crippen LogP contribution in [0.4, 0.5) is 0 Å². The predicted molar refractivity (Wildman–Crippen MR) is 64.9 cm³/mol. The Bertz CT molecular complexity index is 156. The number of hydrogen-bond acceptors (Lipinski definition) is 3. The molecule has 0 heterocycles. The maximum absolute atomic E-state index is 10.2. The minimum absolute atomic E-state index is 0.341. The van der Waals surface area contributed by atoms with Crippen LogP contribution in [0.3, 0.4) is 0 Å². The summed E-state index contributed by atoms with van der Waals surface area (Å²) in [6.45, 7) is 9.12. The van der Waals surface area contributed by atoms with Crippen molar-refractivity contribution in [3.8, 4) is 0 Å². The third-order valence-electron chi connectivity index (χ3n) is 1.57. The molecule has 0 N–H and O–H groups in total. The van der Waals surface area contributed by atoms with E-state index in [1.165, 1.54) is 19.4 Å². The highest BCUT2D eigenvalue weighted by Gasteiger charge is 1.89. The normalized spacial score (nSPS) is 9.13. The maximum atomic E-state index is 10.2. The lowest BCUT2D eigenvalue weighted by Crippen LogP contribution is -2.12. The second kappa shape index (κ2) is 13.2. The van der Waals surface area contributed by atoms with Gasteiger partial charge in [-0.15, -0.1) is 0 Å². The molecule has 0 saturated heterocycles. The molecule has 0 bridgehead atoms. The zero-order valence-corrected chi connectivity index (χ0v) is 10.6. The minimum Gasteiger partial charge on any atom is -0.463 e. The molecule has 0 radical (unpaired) electrons. The molecule has 0 fully saturated rings. The molecular weight excluding hydrogens is 190 g/mol. The first-order chi connectivity index (χ1) is 7.08. The fourth-order valence-corrected chi connectivity index (χ4v) is 0.736. The van der Waals surface area contributed by atoms with Gasteiger partial charge in [-0.25, -0.2) is 4.79 Å². The van der Waals surface area contributed by atoms with Gasteiger partial charge in [-0.05, 0) is 33.5 Å². The topological polar surface area (TPSA) is 29.5 Å². The largest absolute Gasteiger partial charge is 0.463 e.